The van der Waals surface area contributed by atoms with Crippen molar-refractivity contribution in [3.05, 3.63) is 60.7 Å². The Morgan fingerprint density at radius 2 is 1.18 bits per heavy atom. The van der Waals surface area contributed by atoms with Crippen molar-refractivity contribution in [2.24, 2.45) is 0 Å². The summed E-state index contributed by atoms with van der Waals surface area (Å²) in [5, 5.41) is 0. The van der Waals surface area contributed by atoms with Gasteiger partial charge in [-0.1, -0.05) is 49.2 Å². The smallest absolute Gasteiger partial charge is 0.385 e. The van der Waals surface area contributed by atoms with Crippen LogP contribution < -0.4 is 9.05 Å². The summed E-state index contributed by atoms with van der Waals surface area (Å²) in [6.45, 7) is 0. The molecule has 2 aromatic carbocycles. The SMILES string of the molecule is c1ccc(OP(Oc2ccccc2)N2C3CCCCC32)cc1. The van der Waals surface area contributed by atoms with Crippen LogP contribution in [0.5, 0.6) is 11.5 Å². The van der Waals surface area contributed by atoms with Crippen molar-refractivity contribution in [1.82, 2.24) is 4.67 Å². The molecule has 1 aliphatic carbocycles. The molecule has 0 radical (unpaired) electrons. The first-order chi connectivity index (χ1) is 10.9. The fraction of sp³-hybridized carbons (Fsp3) is 0.333. The van der Waals surface area contributed by atoms with E-state index in [0.717, 1.165) is 11.5 Å². The molecular formula is C18H20NO2P. The lowest BCUT2D eigenvalue weighted by molar-refractivity contribution is 0.438. The lowest BCUT2D eigenvalue weighted by atomic mass is 10.0. The molecule has 1 saturated heterocycles. The van der Waals surface area contributed by atoms with Gasteiger partial charge in [-0.2, -0.15) is 0 Å². The number of para-hydroxylation sites is 2. The highest BCUT2D eigenvalue weighted by Gasteiger charge is 2.55. The highest BCUT2D eigenvalue weighted by molar-refractivity contribution is 7.45. The van der Waals surface area contributed by atoms with Crippen molar-refractivity contribution >= 4 is 8.53 Å². The van der Waals surface area contributed by atoms with E-state index >= 15 is 0 Å². The van der Waals surface area contributed by atoms with Gasteiger partial charge >= 0.3 is 8.53 Å². The van der Waals surface area contributed by atoms with Crippen LogP contribution in [0.3, 0.4) is 0 Å². The molecule has 2 aliphatic rings. The van der Waals surface area contributed by atoms with E-state index in [-0.39, 0.29) is 0 Å². The van der Waals surface area contributed by atoms with Crippen LogP contribution >= 0.6 is 8.53 Å². The van der Waals surface area contributed by atoms with Crippen LogP contribution in [0.4, 0.5) is 0 Å². The van der Waals surface area contributed by atoms with E-state index in [1.54, 1.807) is 0 Å². The van der Waals surface area contributed by atoms with Gasteiger partial charge in [0.05, 0.1) is 0 Å². The van der Waals surface area contributed by atoms with Gasteiger partial charge in [-0.25, -0.2) is 4.67 Å². The van der Waals surface area contributed by atoms with Gasteiger partial charge in [0.15, 0.2) is 0 Å². The summed E-state index contributed by atoms with van der Waals surface area (Å²) >= 11 is 0. The molecule has 1 saturated carbocycles. The summed E-state index contributed by atoms with van der Waals surface area (Å²) in [5.74, 6) is 1.77. The molecule has 2 atom stereocenters. The maximum Gasteiger partial charge on any atom is 0.385 e. The fourth-order valence-electron chi connectivity index (χ4n) is 3.17. The number of rotatable bonds is 5. The van der Waals surface area contributed by atoms with Crippen LogP contribution in [0, 0.1) is 0 Å². The molecule has 2 aromatic rings. The Hall–Kier alpha value is -1.57. The highest BCUT2D eigenvalue weighted by atomic mass is 31.2. The van der Waals surface area contributed by atoms with Crippen molar-refractivity contribution in [2.75, 3.05) is 0 Å². The summed E-state index contributed by atoms with van der Waals surface area (Å²) in [6, 6.07) is 21.3. The topological polar surface area (TPSA) is 21.5 Å². The minimum Gasteiger partial charge on any atom is -0.427 e. The number of hydrogen-bond acceptors (Lipinski definition) is 3. The van der Waals surface area contributed by atoms with E-state index < -0.39 is 8.53 Å². The molecule has 0 amide bonds. The third kappa shape index (κ3) is 2.97. The Bertz CT molecular complexity index is 553. The summed E-state index contributed by atoms with van der Waals surface area (Å²) in [4.78, 5) is 0. The van der Waals surface area contributed by atoms with E-state index in [1.807, 2.05) is 60.7 Å². The van der Waals surface area contributed by atoms with Crippen molar-refractivity contribution in [3.8, 4) is 11.5 Å². The molecule has 4 heteroatoms. The Morgan fingerprint density at radius 1 is 0.727 bits per heavy atom. The molecule has 3 nitrogen and oxygen atoms in total. The first-order valence-corrected chi connectivity index (χ1v) is 9.09. The third-order valence-corrected chi connectivity index (χ3v) is 6.03. The van der Waals surface area contributed by atoms with Gasteiger partial charge < -0.3 is 9.05 Å². The number of nitrogens with zero attached hydrogens (tertiary/aromatic N) is 1. The minimum atomic E-state index is -1.08. The maximum absolute atomic E-state index is 6.20. The second kappa shape index (κ2) is 6.28. The zero-order chi connectivity index (χ0) is 14.8. The van der Waals surface area contributed by atoms with Crippen LogP contribution in [0.25, 0.3) is 0 Å². The Morgan fingerprint density at radius 3 is 1.64 bits per heavy atom. The predicted molar refractivity (Wildman–Crippen MR) is 88.9 cm³/mol. The van der Waals surface area contributed by atoms with Gasteiger partial charge in [0.2, 0.25) is 0 Å². The molecule has 0 aromatic heterocycles. The minimum absolute atomic E-state index is 0.660. The molecule has 2 unspecified atom stereocenters. The molecule has 1 aliphatic heterocycles. The monoisotopic (exact) mass is 313 g/mol. The number of benzene rings is 2. The summed E-state index contributed by atoms with van der Waals surface area (Å²) in [7, 11) is -1.08. The van der Waals surface area contributed by atoms with Crippen LogP contribution in [0.15, 0.2) is 60.7 Å². The van der Waals surface area contributed by atoms with Crippen molar-refractivity contribution in [1.29, 1.82) is 0 Å². The van der Waals surface area contributed by atoms with Crippen LogP contribution in [0.1, 0.15) is 25.7 Å². The highest BCUT2D eigenvalue weighted by Crippen LogP contribution is 2.58. The van der Waals surface area contributed by atoms with Crippen molar-refractivity contribution in [3.63, 3.8) is 0 Å². The zero-order valence-corrected chi connectivity index (χ0v) is 13.4. The fourth-order valence-corrected chi connectivity index (χ4v) is 4.97. The van der Waals surface area contributed by atoms with Crippen LogP contribution in [0.2, 0.25) is 0 Å². The molecular weight excluding hydrogens is 293 g/mol. The molecule has 0 bridgehead atoms. The lowest BCUT2D eigenvalue weighted by Crippen LogP contribution is -2.06. The van der Waals surface area contributed by atoms with E-state index in [4.69, 9.17) is 9.05 Å². The second-order valence-electron chi connectivity index (χ2n) is 5.85. The van der Waals surface area contributed by atoms with E-state index in [9.17, 15) is 0 Å². The molecule has 1 heterocycles. The van der Waals surface area contributed by atoms with Gasteiger partial charge in [0.1, 0.15) is 11.5 Å². The summed E-state index contributed by atoms with van der Waals surface area (Å²) < 4.78 is 14.9. The van der Waals surface area contributed by atoms with Gasteiger partial charge in [0, 0.05) is 12.1 Å². The third-order valence-electron chi connectivity index (χ3n) is 4.33. The first kappa shape index (κ1) is 14.0. The van der Waals surface area contributed by atoms with Crippen LogP contribution in [-0.2, 0) is 0 Å². The zero-order valence-electron chi connectivity index (χ0n) is 12.5. The van der Waals surface area contributed by atoms with Crippen LogP contribution in [-0.4, -0.2) is 16.8 Å². The molecule has 114 valence electrons. The Labute approximate surface area is 132 Å². The standard InChI is InChI=1S/C18H20NO2P/c1-3-9-15(10-4-1)20-22(21-16-11-5-2-6-12-16)19-17-13-7-8-14-18(17)19/h1-6,9-12,17-18H,7-8,13-14H2. The molecule has 0 N–H and O–H groups in total. The average molecular weight is 313 g/mol. The molecule has 22 heavy (non-hydrogen) atoms. The normalized spacial score (nSPS) is 26.3. The van der Waals surface area contributed by atoms with E-state index in [2.05, 4.69) is 4.67 Å². The molecule has 4 rings (SSSR count). The molecule has 0 spiro atoms. The van der Waals surface area contributed by atoms with Crippen molar-refractivity contribution in [2.45, 2.75) is 37.8 Å². The average Bonchev–Trinajstić information content (AvgIpc) is 3.30. The largest absolute Gasteiger partial charge is 0.427 e. The number of fused-ring (bicyclic) bond motifs is 1. The molecule has 2 fully saturated rings. The van der Waals surface area contributed by atoms with Gasteiger partial charge in [-0.05, 0) is 37.1 Å². The van der Waals surface area contributed by atoms with Gasteiger partial charge in [-0.3, -0.25) is 0 Å². The van der Waals surface area contributed by atoms with Gasteiger partial charge in [0.25, 0.3) is 0 Å². The Balaban J connectivity index is 1.52. The van der Waals surface area contributed by atoms with Crippen molar-refractivity contribution < 1.29 is 9.05 Å². The summed E-state index contributed by atoms with van der Waals surface area (Å²) in [6.07, 6.45) is 5.22. The Kier molecular flexibility index (Phi) is 4.01. The second-order valence-corrected chi connectivity index (χ2v) is 7.15. The summed E-state index contributed by atoms with van der Waals surface area (Å²) in [5.41, 5.74) is 0. The number of hydrogen-bond donors (Lipinski definition) is 0. The van der Waals surface area contributed by atoms with Gasteiger partial charge in [-0.15, -0.1) is 0 Å². The first-order valence-electron chi connectivity index (χ1n) is 7.96. The van der Waals surface area contributed by atoms with E-state index in [1.165, 1.54) is 25.7 Å². The van der Waals surface area contributed by atoms with E-state index in [0.29, 0.717) is 12.1 Å². The predicted octanol–water partition coefficient (Wildman–Crippen LogP) is 5.00. The maximum atomic E-state index is 6.20. The quantitative estimate of drug-likeness (QED) is 0.573. The lowest BCUT2D eigenvalue weighted by Gasteiger charge is -2.19.